The molecule has 5 nitrogen and oxygen atoms in total. The van der Waals surface area contributed by atoms with Crippen LogP contribution in [0.4, 0.5) is 5.69 Å². The molecule has 16 heavy (non-hydrogen) atoms. The van der Waals surface area contributed by atoms with Crippen molar-refractivity contribution in [1.82, 2.24) is 0 Å². The quantitative estimate of drug-likeness (QED) is 0.704. The summed E-state index contributed by atoms with van der Waals surface area (Å²) in [4.78, 5) is 23.4. The lowest BCUT2D eigenvalue weighted by atomic mass is 10.2. The molecule has 0 aliphatic carbocycles. The van der Waals surface area contributed by atoms with Gasteiger partial charge < -0.3 is 15.7 Å². The van der Waals surface area contributed by atoms with Crippen molar-refractivity contribution in [2.75, 3.05) is 11.9 Å². The van der Waals surface area contributed by atoms with E-state index in [4.69, 9.17) is 10.8 Å². The molecule has 2 amide bonds. The van der Waals surface area contributed by atoms with Gasteiger partial charge in [0.2, 0.25) is 11.8 Å². The third kappa shape index (κ3) is 3.06. The van der Waals surface area contributed by atoms with Crippen LogP contribution in [0.2, 0.25) is 0 Å². The number of rotatable bonds is 4. The zero-order chi connectivity index (χ0) is 12.1. The van der Waals surface area contributed by atoms with Crippen molar-refractivity contribution < 1.29 is 14.7 Å². The van der Waals surface area contributed by atoms with Crippen LogP contribution in [0.3, 0.4) is 0 Å². The molecular formula is C11H14N2O3. The van der Waals surface area contributed by atoms with Crippen LogP contribution in [-0.4, -0.2) is 24.0 Å². The summed E-state index contributed by atoms with van der Waals surface area (Å²) in [6, 6.07) is 6.82. The predicted molar refractivity (Wildman–Crippen MR) is 59.6 cm³/mol. The zero-order valence-corrected chi connectivity index (χ0v) is 9.01. The van der Waals surface area contributed by atoms with Crippen LogP contribution in [0, 0.1) is 0 Å². The molecule has 0 saturated carbocycles. The summed E-state index contributed by atoms with van der Waals surface area (Å²) in [5.41, 5.74) is 6.35. The summed E-state index contributed by atoms with van der Waals surface area (Å²) >= 11 is 0. The first-order valence-electron chi connectivity index (χ1n) is 4.79. The summed E-state index contributed by atoms with van der Waals surface area (Å²) in [5.74, 6) is -1.01. The maximum absolute atomic E-state index is 11.5. The van der Waals surface area contributed by atoms with Gasteiger partial charge in [-0.05, 0) is 17.7 Å². The maximum Gasteiger partial charge on any atom is 0.236 e. The molecule has 0 aliphatic rings. The van der Waals surface area contributed by atoms with Crippen LogP contribution < -0.4 is 10.6 Å². The average Bonchev–Trinajstić information content (AvgIpc) is 2.27. The van der Waals surface area contributed by atoms with Gasteiger partial charge in [0.25, 0.3) is 0 Å². The van der Waals surface area contributed by atoms with Crippen molar-refractivity contribution in [3.05, 3.63) is 29.8 Å². The molecule has 1 aromatic rings. The Morgan fingerprint density at radius 1 is 1.31 bits per heavy atom. The number of aliphatic hydroxyl groups excluding tert-OH is 1. The van der Waals surface area contributed by atoms with Crippen LogP contribution in [0.25, 0.3) is 0 Å². The highest BCUT2D eigenvalue weighted by molar-refractivity contribution is 6.04. The Hall–Kier alpha value is -1.88. The van der Waals surface area contributed by atoms with Crippen molar-refractivity contribution in [1.29, 1.82) is 0 Å². The Labute approximate surface area is 93.5 Å². The molecule has 0 saturated heterocycles. The lowest BCUT2D eigenvalue weighted by molar-refractivity contribution is -0.125. The Morgan fingerprint density at radius 2 is 1.88 bits per heavy atom. The molecule has 0 aliphatic heterocycles. The second-order valence-electron chi connectivity index (χ2n) is 3.42. The van der Waals surface area contributed by atoms with E-state index in [-0.39, 0.29) is 18.9 Å². The van der Waals surface area contributed by atoms with Gasteiger partial charge in [-0.3, -0.25) is 9.59 Å². The average molecular weight is 222 g/mol. The molecule has 0 atom stereocenters. The number of primary amides is 1. The van der Waals surface area contributed by atoms with Gasteiger partial charge >= 0.3 is 0 Å². The Morgan fingerprint density at radius 3 is 2.31 bits per heavy atom. The molecule has 1 rings (SSSR count). The number of carbonyl (C=O) groups is 2. The highest BCUT2D eigenvalue weighted by Crippen LogP contribution is 2.14. The first-order chi connectivity index (χ1) is 7.54. The fourth-order valence-corrected chi connectivity index (χ4v) is 1.24. The molecule has 86 valence electrons. The van der Waals surface area contributed by atoms with Crippen molar-refractivity contribution in [2.24, 2.45) is 5.73 Å². The number of benzene rings is 1. The number of amides is 2. The van der Waals surface area contributed by atoms with Crippen molar-refractivity contribution in [3.63, 3.8) is 0 Å². The summed E-state index contributed by atoms with van der Waals surface area (Å²) in [5, 5.41) is 8.85. The van der Waals surface area contributed by atoms with Crippen molar-refractivity contribution in [3.8, 4) is 0 Å². The molecule has 0 fully saturated rings. The molecule has 3 N–H and O–H groups in total. The second kappa shape index (κ2) is 5.27. The lowest BCUT2D eigenvalue weighted by Gasteiger charge is -2.16. The molecule has 0 heterocycles. The van der Waals surface area contributed by atoms with E-state index in [0.717, 1.165) is 5.56 Å². The number of hydrogen-bond acceptors (Lipinski definition) is 3. The van der Waals surface area contributed by atoms with Gasteiger partial charge in [0.15, 0.2) is 0 Å². The van der Waals surface area contributed by atoms with E-state index in [1.54, 1.807) is 31.3 Å². The van der Waals surface area contributed by atoms with Crippen molar-refractivity contribution >= 4 is 17.5 Å². The minimum Gasteiger partial charge on any atom is -0.392 e. The first-order valence-corrected chi connectivity index (χ1v) is 4.79. The van der Waals surface area contributed by atoms with E-state index in [1.165, 1.54) is 4.90 Å². The predicted octanol–water partition coefficient (Wildman–Crippen LogP) is 0.0171. The molecular weight excluding hydrogens is 208 g/mol. The Bertz CT molecular complexity index is 387. The molecule has 1 aromatic carbocycles. The normalized spacial score (nSPS) is 9.88. The van der Waals surface area contributed by atoms with Crippen molar-refractivity contribution in [2.45, 2.75) is 13.0 Å². The SMILES string of the molecule is CN(C(=O)CC(N)=O)c1ccc(CO)cc1. The van der Waals surface area contributed by atoms with E-state index >= 15 is 0 Å². The highest BCUT2D eigenvalue weighted by atomic mass is 16.3. The number of nitrogens with zero attached hydrogens (tertiary/aromatic N) is 1. The molecule has 0 bridgehead atoms. The van der Waals surface area contributed by atoms with Crippen LogP contribution >= 0.6 is 0 Å². The monoisotopic (exact) mass is 222 g/mol. The molecule has 0 radical (unpaired) electrons. The van der Waals surface area contributed by atoms with E-state index in [2.05, 4.69) is 0 Å². The van der Waals surface area contributed by atoms with E-state index in [9.17, 15) is 9.59 Å². The van der Waals surface area contributed by atoms with Gasteiger partial charge in [0.05, 0.1) is 6.61 Å². The van der Waals surface area contributed by atoms with Gasteiger partial charge in [-0.25, -0.2) is 0 Å². The Balaban J connectivity index is 2.75. The summed E-state index contributed by atoms with van der Waals surface area (Å²) in [6.45, 7) is -0.0424. The van der Waals surface area contributed by atoms with Gasteiger partial charge in [-0.2, -0.15) is 0 Å². The number of carbonyl (C=O) groups excluding carboxylic acids is 2. The third-order valence-corrected chi connectivity index (χ3v) is 2.21. The van der Waals surface area contributed by atoms with E-state index in [1.807, 2.05) is 0 Å². The van der Waals surface area contributed by atoms with Crippen LogP contribution in [-0.2, 0) is 16.2 Å². The molecule has 0 aromatic heterocycles. The zero-order valence-electron chi connectivity index (χ0n) is 9.01. The van der Waals surface area contributed by atoms with Crippen LogP contribution in [0.15, 0.2) is 24.3 Å². The minimum atomic E-state index is -0.649. The highest BCUT2D eigenvalue weighted by Gasteiger charge is 2.12. The molecule has 5 heteroatoms. The summed E-state index contributed by atoms with van der Waals surface area (Å²) in [6.07, 6.45) is -0.307. The van der Waals surface area contributed by atoms with E-state index < -0.39 is 5.91 Å². The number of aliphatic hydroxyl groups is 1. The summed E-state index contributed by atoms with van der Waals surface area (Å²) < 4.78 is 0. The van der Waals surface area contributed by atoms with Crippen LogP contribution in [0.1, 0.15) is 12.0 Å². The smallest absolute Gasteiger partial charge is 0.236 e. The topological polar surface area (TPSA) is 83.6 Å². The first kappa shape index (κ1) is 12.2. The van der Waals surface area contributed by atoms with Gasteiger partial charge in [0, 0.05) is 12.7 Å². The standard InChI is InChI=1S/C11H14N2O3/c1-13(11(16)6-10(12)15)9-4-2-8(7-14)3-5-9/h2-5,14H,6-7H2,1H3,(H2,12,15). The van der Waals surface area contributed by atoms with E-state index in [0.29, 0.717) is 5.69 Å². The minimum absolute atomic E-state index is 0.0424. The molecule has 0 spiro atoms. The largest absolute Gasteiger partial charge is 0.392 e. The Kier molecular flexibility index (Phi) is 4.02. The van der Waals surface area contributed by atoms with Gasteiger partial charge in [-0.1, -0.05) is 12.1 Å². The number of nitrogens with two attached hydrogens (primary N) is 1. The second-order valence-corrected chi connectivity index (χ2v) is 3.42. The van der Waals surface area contributed by atoms with Gasteiger partial charge in [-0.15, -0.1) is 0 Å². The number of anilines is 1. The maximum atomic E-state index is 11.5. The third-order valence-electron chi connectivity index (χ3n) is 2.21. The molecule has 0 unspecified atom stereocenters. The number of hydrogen-bond donors (Lipinski definition) is 2. The fraction of sp³-hybridized carbons (Fsp3) is 0.273. The fourth-order valence-electron chi connectivity index (χ4n) is 1.24. The van der Waals surface area contributed by atoms with Crippen LogP contribution in [0.5, 0.6) is 0 Å². The summed E-state index contributed by atoms with van der Waals surface area (Å²) in [7, 11) is 1.57. The van der Waals surface area contributed by atoms with Gasteiger partial charge in [0.1, 0.15) is 6.42 Å². The lowest BCUT2D eigenvalue weighted by Crippen LogP contribution is -2.30.